The lowest BCUT2D eigenvalue weighted by molar-refractivity contribution is 0.834. The zero-order valence-corrected chi connectivity index (χ0v) is 12.5. The molecule has 1 radical (unpaired) electrons. The molecule has 1 rings (SSSR count). The number of aromatic nitrogens is 1. The largest absolute Gasteiger partial charge is 0.254 e. The number of hydrogen-bond acceptors (Lipinski definition) is 2. The van der Waals surface area contributed by atoms with Crippen LogP contribution in [0, 0.1) is 5.38 Å². The molecule has 0 aliphatic heterocycles. The quantitative estimate of drug-likeness (QED) is 0.729. The Hall–Kier alpha value is -0.153. The average Bonchev–Trinajstić information content (AvgIpc) is 2.55. The molecule has 1 aromatic heterocycles. The predicted octanol–water partition coefficient (Wildman–Crippen LogP) is 3.83. The number of thiazole rings is 1. The Morgan fingerprint density at radius 1 is 1.07 bits per heavy atom. The van der Waals surface area contributed by atoms with Crippen LogP contribution < -0.4 is 4.63 Å². The summed E-state index contributed by atoms with van der Waals surface area (Å²) in [6.45, 7) is 14.2. The van der Waals surface area contributed by atoms with Gasteiger partial charge >= 0.3 is 0 Å². The van der Waals surface area contributed by atoms with Gasteiger partial charge in [0.05, 0.1) is 10.0 Å². The maximum Gasteiger partial charge on any atom is 0.131 e. The Labute approximate surface area is 99.0 Å². The van der Waals surface area contributed by atoms with E-state index in [2.05, 4.69) is 51.9 Å². The lowest BCUT2D eigenvalue weighted by Crippen LogP contribution is -2.55. The van der Waals surface area contributed by atoms with Crippen molar-refractivity contribution in [3.63, 3.8) is 0 Å². The highest BCUT2D eigenvalue weighted by molar-refractivity contribution is 7.25. The van der Waals surface area contributed by atoms with Crippen LogP contribution >= 0.6 is 11.3 Å². The average molecular weight is 240 g/mol. The van der Waals surface area contributed by atoms with E-state index in [9.17, 15) is 0 Å². The maximum absolute atomic E-state index is 4.58. The topological polar surface area (TPSA) is 12.9 Å². The third kappa shape index (κ3) is 2.04. The maximum atomic E-state index is 4.58. The van der Waals surface area contributed by atoms with E-state index in [0.717, 1.165) is 16.6 Å². The molecule has 3 heteroatoms. The summed E-state index contributed by atoms with van der Waals surface area (Å²) in [5.74, 6) is 0. The molecule has 0 saturated carbocycles. The van der Waals surface area contributed by atoms with Crippen LogP contribution in [0.1, 0.15) is 41.5 Å². The first-order valence-electron chi connectivity index (χ1n) is 5.76. The molecule has 0 bridgehead atoms. The molecular formula is C12H22NSSi. The summed E-state index contributed by atoms with van der Waals surface area (Å²) in [5, 5.41) is 3.16. The highest BCUT2D eigenvalue weighted by Crippen LogP contribution is 2.41. The predicted molar refractivity (Wildman–Crippen MR) is 71.6 cm³/mol. The molecule has 0 atom stereocenters. The zero-order chi connectivity index (χ0) is 11.6. The highest BCUT2D eigenvalue weighted by Gasteiger charge is 2.46. The molecule has 1 heterocycles. The van der Waals surface area contributed by atoms with Crippen LogP contribution in [-0.2, 0) is 0 Å². The minimum Gasteiger partial charge on any atom is -0.254 e. The van der Waals surface area contributed by atoms with Crippen LogP contribution in [0.2, 0.25) is 16.6 Å². The van der Waals surface area contributed by atoms with Gasteiger partial charge in [0.2, 0.25) is 0 Å². The summed E-state index contributed by atoms with van der Waals surface area (Å²) in [6, 6.07) is 0. The monoisotopic (exact) mass is 240 g/mol. The third-order valence-corrected chi connectivity index (χ3v) is 12.1. The summed E-state index contributed by atoms with van der Waals surface area (Å²) in [7, 11) is -1.48. The van der Waals surface area contributed by atoms with Crippen molar-refractivity contribution in [2.75, 3.05) is 0 Å². The van der Waals surface area contributed by atoms with Gasteiger partial charge < -0.3 is 0 Å². The van der Waals surface area contributed by atoms with Gasteiger partial charge in [-0.05, 0) is 16.6 Å². The molecular weight excluding hydrogens is 218 g/mol. The van der Waals surface area contributed by atoms with Crippen molar-refractivity contribution < 1.29 is 0 Å². The molecule has 0 aliphatic carbocycles. The summed E-state index contributed by atoms with van der Waals surface area (Å²) >= 11 is 1.74. The van der Waals surface area contributed by atoms with Gasteiger partial charge in [-0.2, -0.15) is 0 Å². The van der Waals surface area contributed by atoms with Crippen LogP contribution in [0.15, 0.2) is 6.20 Å². The van der Waals surface area contributed by atoms with E-state index in [1.54, 1.807) is 11.3 Å². The lowest BCUT2D eigenvalue weighted by Gasteiger charge is -2.41. The van der Waals surface area contributed by atoms with E-state index in [1.807, 2.05) is 6.20 Å². The number of nitrogens with zero attached hydrogens (tertiary/aromatic N) is 1. The van der Waals surface area contributed by atoms with Gasteiger partial charge in [-0.3, -0.25) is 4.98 Å². The minimum absolute atomic E-state index is 0.747. The molecule has 0 saturated heterocycles. The summed E-state index contributed by atoms with van der Waals surface area (Å²) in [5.41, 5.74) is 2.24. The van der Waals surface area contributed by atoms with Crippen molar-refractivity contribution >= 4 is 24.0 Å². The van der Waals surface area contributed by atoms with Gasteiger partial charge in [0, 0.05) is 6.20 Å². The van der Waals surface area contributed by atoms with E-state index >= 15 is 0 Å². The van der Waals surface area contributed by atoms with Crippen molar-refractivity contribution in [3.8, 4) is 0 Å². The Morgan fingerprint density at radius 2 is 1.53 bits per heavy atom. The summed E-state index contributed by atoms with van der Waals surface area (Å²) < 4.78 is 1.39. The van der Waals surface area contributed by atoms with Crippen molar-refractivity contribution in [1.29, 1.82) is 0 Å². The SMILES string of the molecule is CC(C)[Si](c1nc[c]s1)(C(C)C)C(C)C. The molecule has 0 unspecified atom stereocenters. The first kappa shape index (κ1) is 12.9. The van der Waals surface area contributed by atoms with E-state index in [1.165, 1.54) is 4.63 Å². The van der Waals surface area contributed by atoms with E-state index < -0.39 is 8.07 Å². The van der Waals surface area contributed by atoms with Gasteiger partial charge in [0.15, 0.2) is 0 Å². The molecule has 0 fully saturated rings. The summed E-state index contributed by atoms with van der Waals surface area (Å²) in [6.07, 6.45) is 1.84. The highest BCUT2D eigenvalue weighted by atomic mass is 32.1. The van der Waals surface area contributed by atoms with Gasteiger partial charge in [0.25, 0.3) is 0 Å². The molecule has 15 heavy (non-hydrogen) atoms. The molecule has 0 aromatic carbocycles. The fourth-order valence-electron chi connectivity index (χ4n) is 3.13. The molecule has 0 spiro atoms. The van der Waals surface area contributed by atoms with E-state index in [4.69, 9.17) is 0 Å². The molecule has 85 valence electrons. The van der Waals surface area contributed by atoms with Crippen LogP contribution in [0.5, 0.6) is 0 Å². The molecule has 0 amide bonds. The van der Waals surface area contributed by atoms with E-state index in [0.29, 0.717) is 0 Å². The van der Waals surface area contributed by atoms with Gasteiger partial charge in [-0.25, -0.2) is 0 Å². The Bertz CT molecular complexity index is 269. The molecule has 1 nitrogen and oxygen atoms in total. The van der Waals surface area contributed by atoms with Crippen LogP contribution in [0.3, 0.4) is 0 Å². The normalized spacial score (nSPS) is 13.1. The summed E-state index contributed by atoms with van der Waals surface area (Å²) in [4.78, 5) is 4.58. The van der Waals surface area contributed by atoms with Crippen molar-refractivity contribution in [2.24, 2.45) is 0 Å². The second-order valence-electron chi connectivity index (χ2n) is 5.18. The fraction of sp³-hybridized carbons (Fsp3) is 0.750. The lowest BCUT2D eigenvalue weighted by atomic mass is 10.5. The van der Waals surface area contributed by atoms with Crippen LogP contribution in [0.25, 0.3) is 0 Å². The van der Waals surface area contributed by atoms with Gasteiger partial charge in [-0.15, -0.1) is 11.3 Å². The zero-order valence-electron chi connectivity index (χ0n) is 10.7. The molecule has 1 aromatic rings. The van der Waals surface area contributed by atoms with Crippen molar-refractivity contribution in [2.45, 2.75) is 58.2 Å². The first-order valence-corrected chi connectivity index (χ1v) is 8.81. The van der Waals surface area contributed by atoms with Crippen LogP contribution in [-0.4, -0.2) is 13.1 Å². The second-order valence-corrected chi connectivity index (χ2v) is 12.2. The van der Waals surface area contributed by atoms with Crippen molar-refractivity contribution in [3.05, 3.63) is 11.6 Å². The van der Waals surface area contributed by atoms with Crippen LogP contribution in [0.4, 0.5) is 0 Å². The Morgan fingerprint density at radius 3 is 1.80 bits per heavy atom. The number of rotatable bonds is 4. The number of hydrogen-bond donors (Lipinski definition) is 0. The smallest absolute Gasteiger partial charge is 0.131 e. The Balaban J connectivity index is 3.27. The standard InChI is InChI=1S/C12H22NSSi/c1-9(2)15(10(3)4,11(5)6)12-13-7-8-14-12/h7,9-11H,1-6H3. The second kappa shape index (κ2) is 4.79. The third-order valence-electron chi connectivity index (χ3n) is 3.63. The molecule has 0 N–H and O–H groups in total. The van der Waals surface area contributed by atoms with Crippen molar-refractivity contribution in [1.82, 2.24) is 4.98 Å². The van der Waals surface area contributed by atoms with Gasteiger partial charge in [0.1, 0.15) is 8.07 Å². The fourth-order valence-corrected chi connectivity index (χ4v) is 12.2. The van der Waals surface area contributed by atoms with E-state index in [-0.39, 0.29) is 0 Å². The Kier molecular flexibility index (Phi) is 4.12. The molecule has 0 aliphatic rings. The first-order chi connectivity index (χ1) is 6.94. The van der Waals surface area contributed by atoms with Gasteiger partial charge in [-0.1, -0.05) is 41.5 Å². The minimum atomic E-state index is -1.48.